The molecule has 1 saturated heterocycles. The predicted octanol–water partition coefficient (Wildman–Crippen LogP) is 0.180. The molecule has 1 aliphatic heterocycles. The number of nitrogens with zero attached hydrogens (tertiary/aromatic N) is 1. The van der Waals surface area contributed by atoms with Gasteiger partial charge in [-0.3, -0.25) is 4.79 Å². The molecule has 2 atom stereocenters. The summed E-state index contributed by atoms with van der Waals surface area (Å²) >= 11 is 0. The highest BCUT2D eigenvalue weighted by atomic mass is 19.1. The number of β-amino-alcohol motifs (C(OH)–C–C–N with tert-alkyl or cyclic N) is 2. The lowest BCUT2D eigenvalue weighted by atomic mass is 10.2. The number of benzene rings is 1. The van der Waals surface area contributed by atoms with Crippen LogP contribution in [0.2, 0.25) is 0 Å². The molecule has 1 aromatic rings. The molecule has 1 aromatic carbocycles. The van der Waals surface area contributed by atoms with E-state index in [0.717, 1.165) is 6.07 Å². The van der Waals surface area contributed by atoms with Crippen LogP contribution in [-0.2, 0) is 0 Å². The fourth-order valence-corrected chi connectivity index (χ4v) is 1.82. The Labute approximate surface area is 91.9 Å². The van der Waals surface area contributed by atoms with Crippen molar-refractivity contribution in [1.29, 1.82) is 0 Å². The Hall–Kier alpha value is -1.46. The SMILES string of the molecule is O=Cc1ccc(N2CC(O)C(O)C2)c(F)c1. The number of carbonyl (C=O) groups is 1. The Morgan fingerprint density at radius 1 is 1.31 bits per heavy atom. The molecule has 1 heterocycles. The molecule has 16 heavy (non-hydrogen) atoms. The molecule has 2 rings (SSSR count). The smallest absolute Gasteiger partial charge is 0.150 e. The quantitative estimate of drug-likeness (QED) is 0.705. The maximum Gasteiger partial charge on any atom is 0.150 e. The van der Waals surface area contributed by atoms with Gasteiger partial charge in [0.05, 0.1) is 17.9 Å². The Balaban J connectivity index is 2.25. The van der Waals surface area contributed by atoms with Gasteiger partial charge in [0.1, 0.15) is 12.1 Å². The molecule has 1 fully saturated rings. The zero-order valence-electron chi connectivity index (χ0n) is 8.51. The average Bonchev–Trinajstić information content (AvgIpc) is 2.58. The third kappa shape index (κ3) is 1.91. The van der Waals surface area contributed by atoms with E-state index in [1.54, 1.807) is 4.90 Å². The van der Waals surface area contributed by atoms with Crippen LogP contribution in [0.1, 0.15) is 10.4 Å². The number of aliphatic hydroxyl groups is 2. The van der Waals surface area contributed by atoms with Crippen LogP contribution in [0.5, 0.6) is 0 Å². The topological polar surface area (TPSA) is 60.8 Å². The monoisotopic (exact) mass is 225 g/mol. The van der Waals surface area contributed by atoms with Crippen molar-refractivity contribution in [1.82, 2.24) is 0 Å². The van der Waals surface area contributed by atoms with Gasteiger partial charge in [-0.25, -0.2) is 4.39 Å². The summed E-state index contributed by atoms with van der Waals surface area (Å²) in [4.78, 5) is 12.0. The van der Waals surface area contributed by atoms with E-state index in [0.29, 0.717) is 12.0 Å². The molecule has 86 valence electrons. The maximum atomic E-state index is 13.6. The number of rotatable bonds is 2. The molecule has 1 aliphatic rings. The number of hydrogen-bond donors (Lipinski definition) is 2. The van der Waals surface area contributed by atoms with E-state index in [-0.39, 0.29) is 18.7 Å². The van der Waals surface area contributed by atoms with Crippen LogP contribution in [0, 0.1) is 5.82 Å². The molecule has 2 N–H and O–H groups in total. The van der Waals surface area contributed by atoms with Gasteiger partial charge in [0, 0.05) is 18.7 Å². The van der Waals surface area contributed by atoms with Crippen molar-refractivity contribution in [2.45, 2.75) is 12.2 Å². The molecular formula is C11H12FNO3. The summed E-state index contributed by atoms with van der Waals surface area (Å²) in [5.41, 5.74) is 0.558. The van der Waals surface area contributed by atoms with E-state index in [1.807, 2.05) is 0 Å². The largest absolute Gasteiger partial charge is 0.389 e. The molecular weight excluding hydrogens is 213 g/mol. The Morgan fingerprint density at radius 2 is 1.94 bits per heavy atom. The molecule has 0 aromatic heterocycles. The lowest BCUT2D eigenvalue weighted by molar-refractivity contribution is 0.0572. The number of halogens is 1. The van der Waals surface area contributed by atoms with Gasteiger partial charge >= 0.3 is 0 Å². The van der Waals surface area contributed by atoms with Crippen molar-refractivity contribution in [3.8, 4) is 0 Å². The number of aliphatic hydroxyl groups excluding tert-OH is 2. The lowest BCUT2D eigenvalue weighted by Gasteiger charge is -2.18. The van der Waals surface area contributed by atoms with Crippen molar-refractivity contribution in [3.05, 3.63) is 29.6 Å². The molecule has 0 amide bonds. The second-order valence-corrected chi connectivity index (χ2v) is 3.87. The van der Waals surface area contributed by atoms with E-state index in [1.165, 1.54) is 12.1 Å². The average molecular weight is 225 g/mol. The second kappa shape index (κ2) is 4.19. The van der Waals surface area contributed by atoms with Gasteiger partial charge in [-0.05, 0) is 18.2 Å². The Bertz CT molecular complexity index is 400. The van der Waals surface area contributed by atoms with Crippen molar-refractivity contribution < 1.29 is 19.4 Å². The molecule has 0 saturated carbocycles. The third-order valence-corrected chi connectivity index (χ3v) is 2.71. The van der Waals surface area contributed by atoms with Crippen molar-refractivity contribution >= 4 is 12.0 Å². The molecule has 0 radical (unpaired) electrons. The van der Waals surface area contributed by atoms with Crippen LogP contribution in [0.25, 0.3) is 0 Å². The van der Waals surface area contributed by atoms with E-state index in [9.17, 15) is 19.4 Å². The van der Waals surface area contributed by atoms with Crippen LogP contribution < -0.4 is 4.90 Å². The Kier molecular flexibility index (Phi) is 2.89. The number of hydrogen-bond acceptors (Lipinski definition) is 4. The van der Waals surface area contributed by atoms with Gasteiger partial charge in [0.25, 0.3) is 0 Å². The van der Waals surface area contributed by atoms with E-state index in [4.69, 9.17) is 0 Å². The van der Waals surface area contributed by atoms with Gasteiger partial charge in [-0.1, -0.05) is 0 Å². The van der Waals surface area contributed by atoms with E-state index < -0.39 is 18.0 Å². The van der Waals surface area contributed by atoms with Gasteiger partial charge in [-0.2, -0.15) is 0 Å². The first-order valence-electron chi connectivity index (χ1n) is 4.97. The van der Waals surface area contributed by atoms with Crippen LogP contribution in [0.15, 0.2) is 18.2 Å². The number of aldehydes is 1. The highest BCUT2D eigenvalue weighted by Gasteiger charge is 2.30. The zero-order valence-corrected chi connectivity index (χ0v) is 8.51. The summed E-state index contributed by atoms with van der Waals surface area (Å²) in [6, 6.07) is 4.12. The minimum atomic E-state index is -0.856. The van der Waals surface area contributed by atoms with Crippen molar-refractivity contribution in [3.63, 3.8) is 0 Å². The summed E-state index contributed by atoms with van der Waals surface area (Å²) in [7, 11) is 0. The first-order chi connectivity index (χ1) is 7.61. The van der Waals surface area contributed by atoms with Crippen LogP contribution in [0.4, 0.5) is 10.1 Å². The molecule has 0 spiro atoms. The van der Waals surface area contributed by atoms with Crippen LogP contribution >= 0.6 is 0 Å². The molecule has 4 nitrogen and oxygen atoms in total. The standard InChI is InChI=1S/C11H12FNO3/c12-8-3-7(6-14)1-2-9(8)13-4-10(15)11(16)5-13/h1-3,6,10-11,15-16H,4-5H2. The molecule has 5 heteroatoms. The van der Waals surface area contributed by atoms with Crippen LogP contribution in [0.3, 0.4) is 0 Å². The van der Waals surface area contributed by atoms with Gasteiger partial charge in [0.2, 0.25) is 0 Å². The number of anilines is 1. The summed E-state index contributed by atoms with van der Waals surface area (Å²) in [6.45, 7) is 0.386. The summed E-state index contributed by atoms with van der Waals surface area (Å²) in [5.74, 6) is -0.522. The zero-order chi connectivity index (χ0) is 11.7. The fourth-order valence-electron chi connectivity index (χ4n) is 1.82. The highest BCUT2D eigenvalue weighted by Crippen LogP contribution is 2.24. The van der Waals surface area contributed by atoms with Gasteiger partial charge < -0.3 is 15.1 Å². The maximum absolute atomic E-state index is 13.6. The van der Waals surface area contributed by atoms with E-state index in [2.05, 4.69) is 0 Å². The van der Waals surface area contributed by atoms with Crippen LogP contribution in [-0.4, -0.2) is 41.8 Å². The third-order valence-electron chi connectivity index (χ3n) is 2.71. The first kappa shape index (κ1) is 11.0. The Morgan fingerprint density at radius 3 is 2.44 bits per heavy atom. The van der Waals surface area contributed by atoms with Crippen molar-refractivity contribution in [2.24, 2.45) is 0 Å². The predicted molar refractivity (Wildman–Crippen MR) is 56.0 cm³/mol. The normalized spacial score (nSPS) is 24.8. The highest BCUT2D eigenvalue weighted by molar-refractivity contribution is 5.76. The van der Waals surface area contributed by atoms with Gasteiger partial charge in [0.15, 0.2) is 0 Å². The second-order valence-electron chi connectivity index (χ2n) is 3.87. The molecule has 2 unspecified atom stereocenters. The summed E-state index contributed by atoms with van der Waals surface area (Å²) in [6.07, 6.45) is -1.14. The number of carbonyl (C=O) groups excluding carboxylic acids is 1. The fraction of sp³-hybridized carbons (Fsp3) is 0.364. The van der Waals surface area contributed by atoms with E-state index >= 15 is 0 Å². The van der Waals surface area contributed by atoms with Crippen molar-refractivity contribution in [2.75, 3.05) is 18.0 Å². The lowest BCUT2D eigenvalue weighted by Crippen LogP contribution is -2.22. The minimum Gasteiger partial charge on any atom is -0.389 e. The van der Waals surface area contributed by atoms with Gasteiger partial charge in [-0.15, -0.1) is 0 Å². The summed E-state index contributed by atoms with van der Waals surface area (Å²) in [5, 5.41) is 18.7. The minimum absolute atomic E-state index is 0.193. The molecule has 0 bridgehead atoms. The molecule has 0 aliphatic carbocycles. The first-order valence-corrected chi connectivity index (χ1v) is 4.97. The summed E-state index contributed by atoms with van der Waals surface area (Å²) < 4.78 is 13.6.